The van der Waals surface area contributed by atoms with Crippen LogP contribution in [0.25, 0.3) is 0 Å². The smallest absolute Gasteiger partial charge is 0.335 e. The Morgan fingerprint density at radius 1 is 1.00 bits per heavy atom. The zero-order valence-electron chi connectivity index (χ0n) is 16.3. The third-order valence-electron chi connectivity index (χ3n) is 5.28. The first-order chi connectivity index (χ1) is 11.0. The monoisotopic (exact) mass is 360 g/mol. The number of aliphatic carboxylic acids is 1. The highest BCUT2D eigenvalue weighted by molar-refractivity contribution is 6.84. The van der Waals surface area contributed by atoms with Crippen LogP contribution in [-0.2, 0) is 14.3 Å². The van der Waals surface area contributed by atoms with Crippen molar-refractivity contribution >= 4 is 20.0 Å². The molecule has 0 saturated heterocycles. The minimum absolute atomic E-state index is 0.201. The van der Waals surface area contributed by atoms with Gasteiger partial charge in [0.05, 0.1) is 12.1 Å². The standard InChI is InChI=1S/C18H36O5Si/c1-8-9-10-17(23-18(22)15(19)11-16(20)21)24(12(2)3,13(4)5)14(6)7/h12-15,17,19H,8-11H2,1-7H3,(H,20,21). The highest BCUT2D eigenvalue weighted by atomic mass is 28.3. The number of unbranched alkanes of at least 4 members (excludes halogenated alkanes) is 1. The van der Waals surface area contributed by atoms with Gasteiger partial charge in [-0.05, 0) is 23.0 Å². The van der Waals surface area contributed by atoms with Crippen molar-refractivity contribution in [2.75, 3.05) is 0 Å². The van der Waals surface area contributed by atoms with Crippen LogP contribution < -0.4 is 0 Å². The molecule has 0 aromatic heterocycles. The van der Waals surface area contributed by atoms with Crippen LogP contribution in [0.2, 0.25) is 16.6 Å². The van der Waals surface area contributed by atoms with Gasteiger partial charge in [-0.1, -0.05) is 61.3 Å². The van der Waals surface area contributed by atoms with Gasteiger partial charge in [0.2, 0.25) is 0 Å². The average Bonchev–Trinajstić information content (AvgIpc) is 2.42. The summed E-state index contributed by atoms with van der Waals surface area (Å²) in [5, 5.41) is 18.6. The van der Waals surface area contributed by atoms with Crippen LogP contribution in [-0.4, -0.2) is 42.1 Å². The molecule has 0 spiro atoms. The van der Waals surface area contributed by atoms with Gasteiger partial charge >= 0.3 is 11.9 Å². The summed E-state index contributed by atoms with van der Waals surface area (Å²) in [5.41, 5.74) is 1.06. The second kappa shape index (κ2) is 10.2. The summed E-state index contributed by atoms with van der Waals surface area (Å²) in [6, 6.07) is 0. The van der Waals surface area contributed by atoms with Crippen LogP contribution in [0.5, 0.6) is 0 Å². The van der Waals surface area contributed by atoms with Crippen molar-refractivity contribution < 1.29 is 24.5 Å². The molecular weight excluding hydrogens is 324 g/mol. The molecule has 5 nitrogen and oxygen atoms in total. The highest BCUT2D eigenvalue weighted by Crippen LogP contribution is 2.46. The van der Waals surface area contributed by atoms with E-state index in [1.165, 1.54) is 0 Å². The summed E-state index contributed by atoms with van der Waals surface area (Å²) in [5.74, 6) is -2.00. The van der Waals surface area contributed by atoms with Crippen LogP contribution >= 0.6 is 0 Å². The molecular formula is C18H36O5Si. The molecule has 0 heterocycles. The van der Waals surface area contributed by atoms with Crippen molar-refractivity contribution in [3.05, 3.63) is 0 Å². The number of ether oxygens (including phenoxy) is 1. The van der Waals surface area contributed by atoms with E-state index in [2.05, 4.69) is 48.5 Å². The summed E-state index contributed by atoms with van der Waals surface area (Å²) in [4.78, 5) is 23.0. The van der Waals surface area contributed by atoms with E-state index in [4.69, 9.17) is 9.84 Å². The highest BCUT2D eigenvalue weighted by Gasteiger charge is 2.51. The molecule has 0 aliphatic carbocycles. The van der Waals surface area contributed by atoms with E-state index in [1.807, 2.05) is 0 Å². The van der Waals surface area contributed by atoms with E-state index in [-0.39, 0.29) is 5.73 Å². The van der Waals surface area contributed by atoms with Crippen LogP contribution in [0.3, 0.4) is 0 Å². The van der Waals surface area contributed by atoms with Gasteiger partial charge in [0.25, 0.3) is 0 Å². The first-order valence-corrected chi connectivity index (χ1v) is 11.4. The van der Waals surface area contributed by atoms with E-state index in [0.29, 0.717) is 16.6 Å². The van der Waals surface area contributed by atoms with E-state index < -0.39 is 32.5 Å². The molecule has 0 aliphatic heterocycles. The van der Waals surface area contributed by atoms with Gasteiger partial charge in [-0.25, -0.2) is 4.79 Å². The molecule has 0 aromatic rings. The number of rotatable bonds is 11. The number of carboxylic acids is 1. The molecule has 0 radical (unpaired) electrons. The fraction of sp³-hybridized carbons (Fsp3) is 0.889. The molecule has 0 aliphatic rings. The number of esters is 1. The Balaban J connectivity index is 5.62. The van der Waals surface area contributed by atoms with Crippen LogP contribution in [0, 0.1) is 0 Å². The number of hydrogen-bond donors (Lipinski definition) is 2. The Labute approximate surface area is 147 Å². The molecule has 0 aromatic carbocycles. The number of hydrogen-bond acceptors (Lipinski definition) is 4. The maximum absolute atomic E-state index is 12.3. The van der Waals surface area contributed by atoms with E-state index in [0.717, 1.165) is 19.3 Å². The molecule has 24 heavy (non-hydrogen) atoms. The minimum atomic E-state index is -2.04. The first kappa shape index (κ1) is 23.1. The van der Waals surface area contributed by atoms with Gasteiger partial charge in [0.15, 0.2) is 6.10 Å². The van der Waals surface area contributed by atoms with Gasteiger partial charge in [0.1, 0.15) is 8.07 Å². The minimum Gasteiger partial charge on any atom is -0.481 e. The zero-order chi connectivity index (χ0) is 19.1. The van der Waals surface area contributed by atoms with Crippen LogP contribution in [0.15, 0.2) is 0 Å². The normalized spacial score (nSPS) is 15.0. The van der Waals surface area contributed by atoms with Crippen molar-refractivity contribution in [2.45, 2.75) is 103 Å². The van der Waals surface area contributed by atoms with Gasteiger partial charge in [-0.2, -0.15) is 0 Å². The molecule has 6 heteroatoms. The average molecular weight is 361 g/mol. The summed E-state index contributed by atoms with van der Waals surface area (Å²) in [6.45, 7) is 15.3. The Hall–Kier alpha value is -0.883. The summed E-state index contributed by atoms with van der Waals surface area (Å²) in [6.07, 6.45) is 0.532. The lowest BCUT2D eigenvalue weighted by Crippen LogP contribution is -2.57. The third-order valence-corrected chi connectivity index (χ3v) is 12.8. The Bertz CT molecular complexity index is 384. The van der Waals surface area contributed by atoms with Crippen molar-refractivity contribution in [1.82, 2.24) is 0 Å². The molecule has 0 bridgehead atoms. The molecule has 0 fully saturated rings. The van der Waals surface area contributed by atoms with Gasteiger partial charge < -0.3 is 14.9 Å². The Morgan fingerprint density at radius 2 is 1.46 bits per heavy atom. The summed E-state index contributed by atoms with van der Waals surface area (Å²) < 4.78 is 5.77. The summed E-state index contributed by atoms with van der Waals surface area (Å²) >= 11 is 0. The predicted octanol–water partition coefficient (Wildman–Crippen LogP) is 4.14. The number of carbonyl (C=O) groups is 2. The van der Waals surface area contributed by atoms with Crippen molar-refractivity contribution in [3.8, 4) is 0 Å². The van der Waals surface area contributed by atoms with Crippen LogP contribution in [0.1, 0.15) is 74.1 Å². The predicted molar refractivity (Wildman–Crippen MR) is 98.7 cm³/mol. The van der Waals surface area contributed by atoms with Crippen molar-refractivity contribution in [2.24, 2.45) is 0 Å². The lowest BCUT2D eigenvalue weighted by molar-refractivity contribution is -0.160. The van der Waals surface area contributed by atoms with Crippen molar-refractivity contribution in [1.29, 1.82) is 0 Å². The molecule has 2 unspecified atom stereocenters. The van der Waals surface area contributed by atoms with Gasteiger partial charge in [-0.3, -0.25) is 4.79 Å². The van der Waals surface area contributed by atoms with E-state index in [9.17, 15) is 14.7 Å². The molecule has 0 saturated carbocycles. The largest absolute Gasteiger partial charge is 0.481 e. The summed E-state index contributed by atoms with van der Waals surface area (Å²) in [7, 11) is -2.04. The SMILES string of the molecule is CCCCC(OC(=O)C(O)CC(=O)O)[Si](C(C)C)(C(C)C)C(C)C. The number of carboxylic acid groups (broad SMARTS) is 1. The van der Waals surface area contributed by atoms with Gasteiger partial charge in [0, 0.05) is 0 Å². The fourth-order valence-electron chi connectivity index (χ4n) is 4.38. The quantitative estimate of drug-likeness (QED) is 0.427. The maximum Gasteiger partial charge on any atom is 0.335 e. The zero-order valence-corrected chi connectivity index (χ0v) is 17.3. The van der Waals surface area contributed by atoms with E-state index in [1.54, 1.807) is 0 Å². The first-order valence-electron chi connectivity index (χ1n) is 9.11. The Morgan fingerprint density at radius 3 is 1.79 bits per heavy atom. The van der Waals surface area contributed by atoms with E-state index >= 15 is 0 Å². The lowest BCUT2D eigenvalue weighted by Gasteiger charge is -2.48. The molecule has 2 N–H and O–H groups in total. The molecule has 0 amide bonds. The molecule has 2 atom stereocenters. The van der Waals surface area contributed by atoms with Gasteiger partial charge in [-0.15, -0.1) is 0 Å². The maximum atomic E-state index is 12.3. The number of carbonyl (C=O) groups excluding carboxylic acids is 1. The Kier molecular flexibility index (Phi) is 9.81. The number of aliphatic hydroxyl groups excluding tert-OH is 1. The fourth-order valence-corrected chi connectivity index (χ4v) is 11.6. The van der Waals surface area contributed by atoms with Crippen LogP contribution in [0.4, 0.5) is 0 Å². The molecule has 0 rings (SSSR count). The third kappa shape index (κ3) is 5.58. The number of aliphatic hydroxyl groups is 1. The van der Waals surface area contributed by atoms with Crippen molar-refractivity contribution in [3.63, 3.8) is 0 Å². The topological polar surface area (TPSA) is 83.8 Å². The molecule has 142 valence electrons. The second-order valence-corrected chi connectivity index (χ2v) is 13.8. The lowest BCUT2D eigenvalue weighted by atomic mass is 10.2. The second-order valence-electron chi connectivity index (χ2n) is 7.65.